The van der Waals surface area contributed by atoms with Crippen molar-refractivity contribution in [2.75, 3.05) is 0 Å². The van der Waals surface area contributed by atoms with Gasteiger partial charge in [-0.3, -0.25) is 4.79 Å². The smallest absolute Gasteiger partial charge is 0.201 e. The molecule has 0 radical (unpaired) electrons. The van der Waals surface area contributed by atoms with Crippen molar-refractivity contribution in [3.8, 4) is 40.1 Å². The van der Waals surface area contributed by atoms with Crippen LogP contribution in [-0.4, -0.2) is 25.5 Å². The van der Waals surface area contributed by atoms with Gasteiger partial charge in [0, 0.05) is 17.7 Å². The van der Waals surface area contributed by atoms with Crippen molar-refractivity contribution in [3.63, 3.8) is 0 Å². The van der Waals surface area contributed by atoms with Gasteiger partial charge in [-0.1, -0.05) is 0 Å². The number of phenolic OH excluding ortho intramolecular Hbond substituents is 5. The second-order valence-corrected chi connectivity index (χ2v) is 4.64. The maximum absolute atomic E-state index is 12.1. The van der Waals surface area contributed by atoms with Gasteiger partial charge in [-0.2, -0.15) is 0 Å². The van der Waals surface area contributed by atoms with Gasteiger partial charge in [0.1, 0.15) is 16.7 Å². The highest BCUT2D eigenvalue weighted by atomic mass is 16.3. The van der Waals surface area contributed by atoms with Crippen LogP contribution in [0, 0.1) is 0 Å². The topological polar surface area (TPSA) is 131 Å². The number of benzene rings is 2. The molecule has 7 heteroatoms. The molecule has 0 saturated heterocycles. The lowest BCUT2D eigenvalue weighted by molar-refractivity contribution is 0.370. The number of hydrogen-bond acceptors (Lipinski definition) is 7. The molecule has 0 spiro atoms. The van der Waals surface area contributed by atoms with Crippen LogP contribution in [0.4, 0.5) is 0 Å². The molecule has 0 fully saturated rings. The van der Waals surface area contributed by atoms with Crippen molar-refractivity contribution in [1.29, 1.82) is 0 Å². The Morgan fingerprint density at radius 1 is 0.773 bits per heavy atom. The van der Waals surface area contributed by atoms with Gasteiger partial charge in [0.25, 0.3) is 0 Å². The Hall–Kier alpha value is -3.35. The molecule has 112 valence electrons. The van der Waals surface area contributed by atoms with Crippen LogP contribution in [0.25, 0.3) is 22.3 Å². The van der Waals surface area contributed by atoms with E-state index < -0.39 is 28.4 Å². The summed E-state index contributed by atoms with van der Waals surface area (Å²) < 4.78 is 5.42. The third-order valence-corrected chi connectivity index (χ3v) is 3.21. The van der Waals surface area contributed by atoms with Crippen LogP contribution in [0.15, 0.2) is 39.5 Å². The highest BCUT2D eigenvalue weighted by Crippen LogP contribution is 2.40. The summed E-state index contributed by atoms with van der Waals surface area (Å²) in [5.74, 6) is -2.89. The Balaban J connectivity index is 2.31. The summed E-state index contributed by atoms with van der Waals surface area (Å²) in [4.78, 5) is 12.1. The zero-order valence-electron chi connectivity index (χ0n) is 10.9. The SMILES string of the molecule is O=c1cc(-c2ccc(O)c(O)c2)oc2cc(O)c(O)c(O)c12. The minimum Gasteiger partial charge on any atom is -0.504 e. The predicted octanol–water partition coefficient (Wildman–Crippen LogP) is 1.99. The molecule has 0 amide bonds. The van der Waals surface area contributed by atoms with Gasteiger partial charge in [0.2, 0.25) is 5.75 Å². The van der Waals surface area contributed by atoms with Gasteiger partial charge in [0.15, 0.2) is 28.4 Å². The number of rotatable bonds is 1. The van der Waals surface area contributed by atoms with Gasteiger partial charge in [-0.25, -0.2) is 0 Å². The average Bonchev–Trinajstić information content (AvgIpc) is 2.47. The first kappa shape index (κ1) is 13.6. The van der Waals surface area contributed by atoms with Gasteiger partial charge in [-0.15, -0.1) is 0 Å². The molecule has 0 bridgehead atoms. The lowest BCUT2D eigenvalue weighted by atomic mass is 10.1. The Bertz CT molecular complexity index is 956. The molecule has 0 aliphatic carbocycles. The summed E-state index contributed by atoms with van der Waals surface area (Å²) in [5, 5.41) is 47.1. The van der Waals surface area contributed by atoms with Crippen molar-refractivity contribution in [2.45, 2.75) is 0 Å². The Morgan fingerprint density at radius 3 is 2.18 bits per heavy atom. The summed E-state index contributed by atoms with van der Waals surface area (Å²) in [5.41, 5.74) is -0.471. The molecule has 0 saturated carbocycles. The number of fused-ring (bicyclic) bond motifs is 1. The van der Waals surface area contributed by atoms with E-state index in [0.29, 0.717) is 5.56 Å². The summed E-state index contributed by atoms with van der Waals surface area (Å²) in [6.45, 7) is 0. The molecule has 0 unspecified atom stereocenters. The van der Waals surface area contributed by atoms with Crippen molar-refractivity contribution in [1.82, 2.24) is 0 Å². The molecule has 3 rings (SSSR count). The quantitative estimate of drug-likeness (QED) is 0.434. The summed E-state index contributed by atoms with van der Waals surface area (Å²) >= 11 is 0. The second kappa shape index (κ2) is 4.59. The van der Waals surface area contributed by atoms with Crippen molar-refractivity contribution < 1.29 is 29.9 Å². The summed E-state index contributed by atoms with van der Waals surface area (Å²) in [7, 11) is 0. The third-order valence-electron chi connectivity index (χ3n) is 3.21. The van der Waals surface area contributed by atoms with E-state index in [-0.39, 0.29) is 22.5 Å². The van der Waals surface area contributed by atoms with Crippen LogP contribution < -0.4 is 5.43 Å². The zero-order valence-corrected chi connectivity index (χ0v) is 10.9. The fraction of sp³-hybridized carbons (Fsp3) is 0. The van der Waals surface area contributed by atoms with E-state index in [0.717, 1.165) is 12.1 Å². The van der Waals surface area contributed by atoms with Crippen LogP contribution in [0.3, 0.4) is 0 Å². The molecule has 1 heterocycles. The van der Waals surface area contributed by atoms with E-state index in [1.54, 1.807) is 0 Å². The number of phenols is 5. The zero-order chi connectivity index (χ0) is 16.0. The minimum atomic E-state index is -0.810. The fourth-order valence-electron chi connectivity index (χ4n) is 2.10. The Morgan fingerprint density at radius 2 is 1.50 bits per heavy atom. The Labute approximate surface area is 122 Å². The largest absolute Gasteiger partial charge is 0.504 e. The molecular formula is C15H10O7. The van der Waals surface area contributed by atoms with Crippen LogP contribution in [-0.2, 0) is 0 Å². The standard InChI is InChI=1S/C15H10O7/c16-7-2-1-6(3-8(7)17)11-4-9(18)13-12(22-11)5-10(19)14(20)15(13)21/h1-5,16-17,19-21H. The number of hydrogen-bond donors (Lipinski definition) is 5. The van der Waals surface area contributed by atoms with E-state index in [1.807, 2.05) is 0 Å². The summed E-state index contributed by atoms with van der Waals surface area (Å²) in [6, 6.07) is 5.89. The molecule has 22 heavy (non-hydrogen) atoms. The second-order valence-electron chi connectivity index (χ2n) is 4.64. The first-order valence-corrected chi connectivity index (χ1v) is 6.12. The molecule has 7 nitrogen and oxygen atoms in total. The van der Waals surface area contributed by atoms with Crippen LogP contribution in [0.1, 0.15) is 0 Å². The normalized spacial score (nSPS) is 10.9. The highest BCUT2D eigenvalue weighted by Gasteiger charge is 2.17. The molecule has 0 atom stereocenters. The molecule has 3 aromatic rings. The van der Waals surface area contributed by atoms with Crippen molar-refractivity contribution in [3.05, 3.63) is 40.6 Å². The molecular weight excluding hydrogens is 292 g/mol. The third kappa shape index (κ3) is 1.96. The maximum Gasteiger partial charge on any atom is 0.201 e. The minimum absolute atomic E-state index is 0.0530. The predicted molar refractivity (Wildman–Crippen MR) is 76.2 cm³/mol. The van der Waals surface area contributed by atoms with Crippen LogP contribution in [0.5, 0.6) is 28.7 Å². The highest BCUT2D eigenvalue weighted by molar-refractivity contribution is 5.89. The Kier molecular flexibility index (Phi) is 2.84. The van der Waals surface area contributed by atoms with Gasteiger partial charge < -0.3 is 29.9 Å². The molecule has 1 aromatic heterocycles. The first-order chi connectivity index (χ1) is 10.4. The summed E-state index contributed by atoms with van der Waals surface area (Å²) in [6.07, 6.45) is 0. The van der Waals surface area contributed by atoms with E-state index >= 15 is 0 Å². The first-order valence-electron chi connectivity index (χ1n) is 6.12. The maximum atomic E-state index is 12.1. The van der Waals surface area contributed by atoms with Gasteiger partial charge in [0.05, 0.1) is 0 Å². The van der Waals surface area contributed by atoms with E-state index in [9.17, 15) is 30.3 Å². The molecule has 5 N–H and O–H groups in total. The fourth-order valence-corrected chi connectivity index (χ4v) is 2.10. The molecule has 0 aliphatic rings. The van der Waals surface area contributed by atoms with E-state index in [1.165, 1.54) is 18.2 Å². The molecule has 2 aromatic carbocycles. The van der Waals surface area contributed by atoms with Crippen molar-refractivity contribution in [2.24, 2.45) is 0 Å². The van der Waals surface area contributed by atoms with Crippen molar-refractivity contribution >= 4 is 11.0 Å². The van der Waals surface area contributed by atoms with Gasteiger partial charge >= 0.3 is 0 Å². The average molecular weight is 302 g/mol. The van der Waals surface area contributed by atoms with Gasteiger partial charge in [-0.05, 0) is 18.2 Å². The lowest BCUT2D eigenvalue weighted by Gasteiger charge is -2.07. The number of aromatic hydroxyl groups is 5. The molecule has 0 aliphatic heterocycles. The van der Waals surface area contributed by atoms with E-state index in [2.05, 4.69) is 0 Å². The van der Waals surface area contributed by atoms with Crippen LogP contribution >= 0.6 is 0 Å². The monoisotopic (exact) mass is 302 g/mol. The lowest BCUT2D eigenvalue weighted by Crippen LogP contribution is -2.01. The van der Waals surface area contributed by atoms with Crippen LogP contribution in [0.2, 0.25) is 0 Å². The van der Waals surface area contributed by atoms with E-state index in [4.69, 9.17) is 4.42 Å².